The molecule has 9 heteroatoms. The van der Waals surface area contributed by atoms with E-state index in [0.717, 1.165) is 52.1 Å². The maximum atomic E-state index is 12.2. The molecule has 3 aromatic heterocycles. The molecule has 0 saturated carbocycles. The topological polar surface area (TPSA) is 112 Å². The fourth-order valence-corrected chi connectivity index (χ4v) is 3.87. The number of aromatic amines is 1. The lowest BCUT2D eigenvalue weighted by Crippen LogP contribution is -2.28. The summed E-state index contributed by atoms with van der Waals surface area (Å²) in [5.74, 6) is 1.55. The monoisotopic (exact) mass is 452 g/mol. The molecule has 0 unspecified atom stereocenters. The second kappa shape index (κ2) is 9.62. The van der Waals surface area contributed by atoms with E-state index in [1.807, 2.05) is 18.3 Å². The summed E-state index contributed by atoms with van der Waals surface area (Å²) < 4.78 is 2.94. The summed E-state index contributed by atoms with van der Waals surface area (Å²) in [6.07, 6.45) is 9.36. The van der Waals surface area contributed by atoms with Gasteiger partial charge in [0.25, 0.3) is 5.69 Å². The van der Waals surface area contributed by atoms with E-state index in [-0.39, 0.29) is 0 Å². The van der Waals surface area contributed by atoms with Crippen LogP contribution >= 0.6 is 0 Å². The fraction of sp³-hybridized carbons (Fsp3) is 0.200. The normalized spacial score (nSPS) is 11.1. The lowest BCUT2D eigenvalue weighted by molar-refractivity contribution is -0.594. The van der Waals surface area contributed by atoms with Crippen molar-refractivity contribution in [2.24, 2.45) is 0 Å². The summed E-state index contributed by atoms with van der Waals surface area (Å²) in [6, 6.07) is 16.6. The van der Waals surface area contributed by atoms with Crippen molar-refractivity contribution < 1.29 is 4.73 Å². The minimum absolute atomic E-state index is 0.457. The second-order valence-corrected chi connectivity index (χ2v) is 8.07. The molecule has 0 saturated heterocycles. The number of nitrogens with zero attached hydrogens (tertiary/aromatic N) is 7. The number of unbranched alkanes of at least 4 members (excludes halogenated alkanes) is 1. The van der Waals surface area contributed by atoms with Gasteiger partial charge in [0.2, 0.25) is 5.82 Å². The number of benzene rings is 2. The van der Waals surface area contributed by atoms with Crippen molar-refractivity contribution in [1.82, 2.24) is 35.2 Å². The highest BCUT2D eigenvalue weighted by atomic mass is 16.5. The molecule has 34 heavy (non-hydrogen) atoms. The van der Waals surface area contributed by atoms with Crippen LogP contribution in [-0.2, 0) is 13.0 Å². The molecule has 0 amide bonds. The van der Waals surface area contributed by atoms with Gasteiger partial charge in [0, 0.05) is 24.7 Å². The van der Waals surface area contributed by atoms with Crippen LogP contribution in [0.3, 0.4) is 0 Å². The number of hydrogen-bond acceptors (Lipinski definition) is 6. The molecule has 0 spiro atoms. The Labute approximate surface area is 196 Å². The van der Waals surface area contributed by atoms with E-state index in [0.29, 0.717) is 23.8 Å². The molecule has 0 bridgehead atoms. The Morgan fingerprint density at radius 3 is 2.41 bits per heavy atom. The minimum Gasteiger partial charge on any atom is -0.618 e. The third-order valence-corrected chi connectivity index (χ3v) is 5.73. The SMILES string of the molecule is CCCCc1nc(-c2cncc[n+]2[O-])cn1Cc1ccc(-c2ccc(-c3nn[nH]n3)cc2)cc1. The van der Waals surface area contributed by atoms with Crippen molar-refractivity contribution in [3.05, 3.63) is 89.9 Å². The molecule has 9 nitrogen and oxygen atoms in total. The first kappa shape index (κ1) is 21.4. The lowest BCUT2D eigenvalue weighted by Gasteiger charge is -2.09. The van der Waals surface area contributed by atoms with Gasteiger partial charge in [-0.25, -0.2) is 4.98 Å². The highest BCUT2D eigenvalue weighted by Gasteiger charge is 2.16. The zero-order valence-corrected chi connectivity index (χ0v) is 18.8. The summed E-state index contributed by atoms with van der Waals surface area (Å²) in [6.45, 7) is 2.84. The summed E-state index contributed by atoms with van der Waals surface area (Å²) in [5, 5.41) is 26.3. The van der Waals surface area contributed by atoms with Crippen LogP contribution in [0.5, 0.6) is 0 Å². The van der Waals surface area contributed by atoms with Crippen molar-refractivity contribution >= 4 is 0 Å². The molecule has 2 aromatic carbocycles. The van der Waals surface area contributed by atoms with E-state index in [2.05, 4.69) is 73.5 Å². The van der Waals surface area contributed by atoms with Crippen LogP contribution in [0.15, 0.2) is 73.3 Å². The molecule has 0 aliphatic rings. The van der Waals surface area contributed by atoms with Crippen LogP contribution in [0.25, 0.3) is 33.9 Å². The first-order valence-corrected chi connectivity index (χ1v) is 11.2. The Hall–Kier alpha value is -4.40. The molecule has 5 rings (SSSR count). The van der Waals surface area contributed by atoms with Gasteiger partial charge in [-0.05, 0) is 28.3 Å². The Kier molecular flexibility index (Phi) is 6.07. The zero-order chi connectivity index (χ0) is 23.3. The van der Waals surface area contributed by atoms with Gasteiger partial charge >= 0.3 is 0 Å². The van der Waals surface area contributed by atoms with E-state index < -0.39 is 0 Å². The molecule has 0 radical (unpaired) electrons. The number of aryl methyl sites for hydroxylation is 1. The molecular formula is C25H24N8O. The van der Waals surface area contributed by atoms with Crippen LogP contribution in [-0.4, -0.2) is 35.2 Å². The number of imidazole rings is 1. The number of hydrogen-bond donors (Lipinski definition) is 1. The van der Waals surface area contributed by atoms with Crippen LogP contribution in [0, 0.1) is 5.21 Å². The summed E-state index contributed by atoms with van der Waals surface area (Å²) in [7, 11) is 0. The third kappa shape index (κ3) is 4.54. The van der Waals surface area contributed by atoms with E-state index in [1.54, 1.807) is 6.20 Å². The van der Waals surface area contributed by atoms with E-state index in [1.165, 1.54) is 12.4 Å². The van der Waals surface area contributed by atoms with Crippen LogP contribution in [0.2, 0.25) is 0 Å². The standard InChI is InChI=1S/C25H24N8O/c1-2-3-4-24-27-22(23-15-26-13-14-33(23)34)17-32(24)16-18-5-7-19(8-6-18)20-9-11-21(12-10-20)25-28-30-31-29-25/h5-15,17H,2-4,16H2,1H3,(H,28,29,30,31). The highest BCUT2D eigenvalue weighted by Crippen LogP contribution is 2.24. The Morgan fingerprint density at radius 2 is 1.74 bits per heavy atom. The summed E-state index contributed by atoms with van der Waals surface area (Å²) in [5.41, 5.74) is 5.42. The average molecular weight is 453 g/mol. The van der Waals surface area contributed by atoms with Gasteiger partial charge in [-0.3, -0.25) is 4.98 Å². The predicted octanol–water partition coefficient (Wildman–Crippen LogP) is 3.82. The molecule has 0 atom stereocenters. The molecule has 0 aliphatic heterocycles. The van der Waals surface area contributed by atoms with Crippen molar-refractivity contribution in [2.75, 3.05) is 0 Å². The molecule has 1 N–H and O–H groups in total. The molecule has 0 aliphatic carbocycles. The molecule has 5 aromatic rings. The minimum atomic E-state index is 0.457. The molecular weight excluding hydrogens is 428 g/mol. The Morgan fingerprint density at radius 1 is 1.00 bits per heavy atom. The first-order chi connectivity index (χ1) is 16.7. The highest BCUT2D eigenvalue weighted by molar-refractivity contribution is 5.67. The smallest absolute Gasteiger partial charge is 0.262 e. The molecule has 170 valence electrons. The number of tetrazole rings is 1. The maximum absolute atomic E-state index is 12.2. The summed E-state index contributed by atoms with van der Waals surface area (Å²) in [4.78, 5) is 8.84. The Balaban J connectivity index is 1.36. The van der Waals surface area contributed by atoms with Gasteiger partial charge in [0.05, 0.1) is 6.20 Å². The van der Waals surface area contributed by atoms with Gasteiger partial charge in [-0.1, -0.05) is 61.9 Å². The van der Waals surface area contributed by atoms with E-state index in [9.17, 15) is 5.21 Å². The molecule has 0 fully saturated rings. The van der Waals surface area contributed by atoms with Crippen LogP contribution in [0.4, 0.5) is 0 Å². The van der Waals surface area contributed by atoms with Gasteiger partial charge in [0.15, 0.2) is 11.9 Å². The fourth-order valence-electron chi connectivity index (χ4n) is 3.87. The van der Waals surface area contributed by atoms with Gasteiger partial charge in [-0.2, -0.15) is 9.94 Å². The number of aromatic nitrogens is 8. The van der Waals surface area contributed by atoms with Gasteiger partial charge < -0.3 is 9.77 Å². The van der Waals surface area contributed by atoms with Crippen molar-refractivity contribution in [1.29, 1.82) is 0 Å². The molecule has 3 heterocycles. The van der Waals surface area contributed by atoms with Crippen molar-refractivity contribution in [3.8, 4) is 33.9 Å². The number of H-pyrrole nitrogens is 1. The maximum Gasteiger partial charge on any atom is 0.262 e. The zero-order valence-electron chi connectivity index (χ0n) is 18.8. The first-order valence-electron chi connectivity index (χ1n) is 11.2. The van der Waals surface area contributed by atoms with Crippen molar-refractivity contribution in [3.63, 3.8) is 0 Å². The lowest BCUT2D eigenvalue weighted by atomic mass is 10.0. The van der Waals surface area contributed by atoms with E-state index in [4.69, 9.17) is 4.98 Å². The number of nitrogens with one attached hydrogen (secondary N) is 1. The van der Waals surface area contributed by atoms with Crippen LogP contribution < -0.4 is 4.73 Å². The van der Waals surface area contributed by atoms with Gasteiger partial charge in [0.1, 0.15) is 12.0 Å². The number of rotatable bonds is 8. The van der Waals surface area contributed by atoms with Gasteiger partial charge in [-0.15, -0.1) is 10.2 Å². The largest absolute Gasteiger partial charge is 0.618 e. The summed E-state index contributed by atoms with van der Waals surface area (Å²) >= 11 is 0. The predicted molar refractivity (Wildman–Crippen MR) is 127 cm³/mol. The Bertz CT molecular complexity index is 1360. The average Bonchev–Trinajstić information content (AvgIpc) is 3.54. The third-order valence-electron chi connectivity index (χ3n) is 5.73. The van der Waals surface area contributed by atoms with E-state index >= 15 is 0 Å². The second-order valence-electron chi connectivity index (χ2n) is 8.07. The van der Waals surface area contributed by atoms with Crippen LogP contribution in [0.1, 0.15) is 31.2 Å². The van der Waals surface area contributed by atoms with Crippen molar-refractivity contribution in [2.45, 2.75) is 32.7 Å². The quantitative estimate of drug-likeness (QED) is 0.283.